The Balaban J connectivity index is 1.72. The monoisotopic (exact) mass is 376 g/mol. The summed E-state index contributed by atoms with van der Waals surface area (Å²) in [4.78, 5) is 16.4. The molecule has 1 aromatic carbocycles. The van der Waals surface area contributed by atoms with Crippen molar-refractivity contribution in [1.82, 2.24) is 16.0 Å². The molecule has 0 bridgehead atoms. The van der Waals surface area contributed by atoms with E-state index in [-0.39, 0.29) is 11.8 Å². The first-order valence-corrected chi connectivity index (χ1v) is 9.61. The number of rotatable bonds is 8. The van der Waals surface area contributed by atoms with Gasteiger partial charge in [0.15, 0.2) is 5.96 Å². The van der Waals surface area contributed by atoms with E-state index in [4.69, 9.17) is 9.47 Å². The van der Waals surface area contributed by atoms with E-state index in [1.807, 2.05) is 18.2 Å². The first-order valence-electron chi connectivity index (χ1n) is 9.61. The zero-order valence-electron chi connectivity index (χ0n) is 16.6. The predicted octanol–water partition coefficient (Wildman–Crippen LogP) is 2.07. The van der Waals surface area contributed by atoms with Crippen LogP contribution in [0.15, 0.2) is 23.2 Å². The Hall–Kier alpha value is -2.44. The number of nitrogens with zero attached hydrogens (tertiary/aromatic N) is 1. The summed E-state index contributed by atoms with van der Waals surface area (Å²) in [5.41, 5.74) is 1.01. The van der Waals surface area contributed by atoms with Crippen LogP contribution in [-0.4, -0.2) is 46.2 Å². The van der Waals surface area contributed by atoms with Gasteiger partial charge in [-0.2, -0.15) is 0 Å². The van der Waals surface area contributed by atoms with Crippen LogP contribution >= 0.6 is 0 Å². The van der Waals surface area contributed by atoms with E-state index in [1.54, 1.807) is 21.3 Å². The molecule has 0 saturated heterocycles. The number of ether oxygens (including phenoxy) is 2. The van der Waals surface area contributed by atoms with Gasteiger partial charge in [-0.15, -0.1) is 0 Å². The molecular formula is C20H32N4O3. The lowest BCUT2D eigenvalue weighted by atomic mass is 9.89. The Morgan fingerprint density at radius 3 is 2.48 bits per heavy atom. The van der Waals surface area contributed by atoms with Crippen LogP contribution < -0.4 is 25.4 Å². The number of hydrogen-bond donors (Lipinski definition) is 3. The normalized spacial score (nSPS) is 15.1. The number of amides is 1. The molecule has 0 heterocycles. The van der Waals surface area contributed by atoms with E-state index in [0.29, 0.717) is 25.6 Å². The third-order valence-corrected chi connectivity index (χ3v) is 4.86. The molecule has 1 aromatic rings. The SMILES string of the molecule is CN=C(NCCNC(=O)C1CCCCC1)NCc1ccc(OC)cc1OC. The van der Waals surface area contributed by atoms with Crippen molar-refractivity contribution in [2.45, 2.75) is 38.6 Å². The highest BCUT2D eigenvalue weighted by atomic mass is 16.5. The topological polar surface area (TPSA) is 84.0 Å². The summed E-state index contributed by atoms with van der Waals surface area (Å²) in [6.45, 7) is 1.78. The number of methoxy groups -OCH3 is 2. The van der Waals surface area contributed by atoms with Gasteiger partial charge in [0, 0.05) is 44.2 Å². The first-order chi connectivity index (χ1) is 13.2. The molecule has 1 saturated carbocycles. The predicted molar refractivity (Wildman–Crippen MR) is 107 cm³/mol. The second-order valence-corrected chi connectivity index (χ2v) is 6.66. The molecule has 3 N–H and O–H groups in total. The molecule has 27 heavy (non-hydrogen) atoms. The summed E-state index contributed by atoms with van der Waals surface area (Å²) >= 11 is 0. The zero-order valence-corrected chi connectivity index (χ0v) is 16.6. The standard InChI is InChI=1S/C20H32N4O3/c1-21-20(23-12-11-22-19(25)15-7-5-4-6-8-15)24-14-16-9-10-17(26-2)13-18(16)27-3/h9-10,13,15H,4-8,11-12,14H2,1-3H3,(H,22,25)(H2,21,23,24). The van der Waals surface area contributed by atoms with Crippen LogP contribution in [0, 0.1) is 5.92 Å². The molecule has 0 radical (unpaired) electrons. The van der Waals surface area contributed by atoms with E-state index < -0.39 is 0 Å². The smallest absolute Gasteiger partial charge is 0.223 e. The number of guanidine groups is 1. The summed E-state index contributed by atoms with van der Waals surface area (Å²) in [6, 6.07) is 5.72. The molecular weight excluding hydrogens is 344 g/mol. The Kier molecular flexibility index (Phi) is 8.74. The summed E-state index contributed by atoms with van der Waals surface area (Å²) in [6.07, 6.45) is 5.63. The average molecular weight is 377 g/mol. The van der Waals surface area contributed by atoms with Crippen molar-refractivity contribution in [3.05, 3.63) is 23.8 Å². The number of carbonyl (C=O) groups excluding carboxylic acids is 1. The Morgan fingerprint density at radius 2 is 1.81 bits per heavy atom. The minimum Gasteiger partial charge on any atom is -0.497 e. The van der Waals surface area contributed by atoms with Crippen molar-refractivity contribution < 1.29 is 14.3 Å². The molecule has 1 fully saturated rings. The first kappa shape index (κ1) is 20.9. The van der Waals surface area contributed by atoms with E-state index in [9.17, 15) is 4.79 Å². The van der Waals surface area contributed by atoms with Gasteiger partial charge in [0.05, 0.1) is 14.2 Å². The van der Waals surface area contributed by atoms with Gasteiger partial charge in [0.2, 0.25) is 5.91 Å². The maximum atomic E-state index is 12.1. The number of nitrogens with one attached hydrogen (secondary N) is 3. The summed E-state index contributed by atoms with van der Waals surface area (Å²) in [7, 11) is 4.99. The van der Waals surface area contributed by atoms with Crippen LogP contribution in [0.5, 0.6) is 11.5 Å². The molecule has 0 aliphatic heterocycles. The van der Waals surface area contributed by atoms with Gasteiger partial charge < -0.3 is 25.4 Å². The second-order valence-electron chi connectivity index (χ2n) is 6.66. The van der Waals surface area contributed by atoms with Gasteiger partial charge in [-0.25, -0.2) is 0 Å². The van der Waals surface area contributed by atoms with Gasteiger partial charge in [0.25, 0.3) is 0 Å². The number of carbonyl (C=O) groups is 1. The Morgan fingerprint density at radius 1 is 1.07 bits per heavy atom. The molecule has 0 atom stereocenters. The summed E-state index contributed by atoms with van der Waals surface area (Å²) < 4.78 is 10.6. The van der Waals surface area contributed by atoms with Gasteiger partial charge in [-0.1, -0.05) is 19.3 Å². The van der Waals surface area contributed by atoms with Crippen molar-refractivity contribution in [2.75, 3.05) is 34.4 Å². The molecule has 0 unspecified atom stereocenters. The highest BCUT2D eigenvalue weighted by Crippen LogP contribution is 2.24. The van der Waals surface area contributed by atoms with Gasteiger partial charge in [-0.05, 0) is 25.0 Å². The third kappa shape index (κ3) is 6.66. The zero-order chi connectivity index (χ0) is 19.5. The van der Waals surface area contributed by atoms with E-state index >= 15 is 0 Å². The lowest BCUT2D eigenvalue weighted by Crippen LogP contribution is -2.42. The van der Waals surface area contributed by atoms with Gasteiger partial charge in [-0.3, -0.25) is 9.79 Å². The van der Waals surface area contributed by atoms with E-state index in [1.165, 1.54) is 19.3 Å². The molecule has 150 valence electrons. The van der Waals surface area contributed by atoms with Crippen LogP contribution in [0.25, 0.3) is 0 Å². The Labute approximate surface area is 161 Å². The fourth-order valence-corrected chi connectivity index (χ4v) is 3.27. The van der Waals surface area contributed by atoms with Crippen molar-refractivity contribution >= 4 is 11.9 Å². The molecule has 1 aliphatic rings. The Bertz CT molecular complexity index is 628. The van der Waals surface area contributed by atoms with Crippen molar-refractivity contribution in [2.24, 2.45) is 10.9 Å². The van der Waals surface area contributed by atoms with E-state index in [2.05, 4.69) is 20.9 Å². The number of benzene rings is 1. The van der Waals surface area contributed by atoms with Crippen molar-refractivity contribution in [3.63, 3.8) is 0 Å². The molecule has 2 rings (SSSR count). The van der Waals surface area contributed by atoms with Gasteiger partial charge >= 0.3 is 0 Å². The molecule has 1 aliphatic carbocycles. The molecule has 0 spiro atoms. The van der Waals surface area contributed by atoms with Crippen LogP contribution in [-0.2, 0) is 11.3 Å². The lowest BCUT2D eigenvalue weighted by Gasteiger charge is -2.21. The third-order valence-electron chi connectivity index (χ3n) is 4.86. The highest BCUT2D eigenvalue weighted by Gasteiger charge is 2.20. The van der Waals surface area contributed by atoms with Crippen LogP contribution in [0.3, 0.4) is 0 Å². The van der Waals surface area contributed by atoms with Crippen LogP contribution in [0.4, 0.5) is 0 Å². The number of aliphatic imine (C=N–C) groups is 1. The highest BCUT2D eigenvalue weighted by molar-refractivity contribution is 5.80. The average Bonchev–Trinajstić information content (AvgIpc) is 2.73. The van der Waals surface area contributed by atoms with Crippen LogP contribution in [0.2, 0.25) is 0 Å². The minimum absolute atomic E-state index is 0.183. The fraction of sp³-hybridized carbons (Fsp3) is 0.600. The van der Waals surface area contributed by atoms with Crippen LogP contribution in [0.1, 0.15) is 37.7 Å². The number of hydrogen-bond acceptors (Lipinski definition) is 4. The van der Waals surface area contributed by atoms with E-state index in [0.717, 1.165) is 29.9 Å². The molecule has 7 nitrogen and oxygen atoms in total. The molecule has 7 heteroatoms. The molecule has 1 amide bonds. The maximum Gasteiger partial charge on any atom is 0.223 e. The maximum absolute atomic E-state index is 12.1. The summed E-state index contributed by atoms with van der Waals surface area (Å²) in [5.74, 6) is 2.57. The lowest BCUT2D eigenvalue weighted by molar-refractivity contribution is -0.125. The molecule has 0 aromatic heterocycles. The van der Waals surface area contributed by atoms with Crippen molar-refractivity contribution in [1.29, 1.82) is 0 Å². The van der Waals surface area contributed by atoms with Gasteiger partial charge in [0.1, 0.15) is 11.5 Å². The quantitative estimate of drug-likeness (QED) is 0.367. The summed E-state index contributed by atoms with van der Waals surface area (Å²) in [5, 5.41) is 9.49. The largest absolute Gasteiger partial charge is 0.497 e. The fourth-order valence-electron chi connectivity index (χ4n) is 3.27. The van der Waals surface area contributed by atoms with Crippen molar-refractivity contribution in [3.8, 4) is 11.5 Å². The minimum atomic E-state index is 0.183. The second kappa shape index (κ2) is 11.3.